The second-order valence-corrected chi connectivity index (χ2v) is 6.90. The van der Waals surface area contributed by atoms with Gasteiger partial charge in [-0.3, -0.25) is 9.89 Å². The van der Waals surface area contributed by atoms with Crippen LogP contribution in [0.2, 0.25) is 0 Å². The summed E-state index contributed by atoms with van der Waals surface area (Å²) in [5.41, 5.74) is 1.53. The van der Waals surface area contributed by atoms with Crippen molar-refractivity contribution in [3.63, 3.8) is 0 Å². The highest BCUT2D eigenvalue weighted by Gasteiger charge is 2.18. The van der Waals surface area contributed by atoms with Crippen LogP contribution in [0.4, 0.5) is 11.6 Å². The summed E-state index contributed by atoms with van der Waals surface area (Å²) in [5, 5.41) is 9.79. The monoisotopic (exact) mass is 440 g/mol. The molecule has 0 spiro atoms. The van der Waals surface area contributed by atoms with Crippen LogP contribution in [0, 0.1) is 0 Å². The Balaban J connectivity index is 1.52. The molecule has 0 atom stereocenters. The van der Waals surface area contributed by atoms with Crippen LogP contribution in [0.1, 0.15) is 10.5 Å². The standard InChI is InChI=1S/C21H24N6O5/c1-29-16-8-13(9-17(30-2)20(16)31-3)14-10-15(26-25-14)21(28)24-18-11-19(23-12-22-18)27-4-6-32-7-5-27/h8-12H,4-7H2,1-3H3,(H,25,26)(H,22,23,24,28). The first-order valence-electron chi connectivity index (χ1n) is 9.94. The van der Waals surface area contributed by atoms with Crippen molar-refractivity contribution in [1.29, 1.82) is 0 Å². The fourth-order valence-corrected chi connectivity index (χ4v) is 3.38. The maximum absolute atomic E-state index is 12.7. The molecule has 2 aromatic heterocycles. The molecular weight excluding hydrogens is 416 g/mol. The first-order chi connectivity index (χ1) is 15.6. The van der Waals surface area contributed by atoms with Crippen LogP contribution in [-0.4, -0.2) is 73.7 Å². The van der Waals surface area contributed by atoms with Crippen LogP contribution in [0.25, 0.3) is 11.3 Å². The summed E-state index contributed by atoms with van der Waals surface area (Å²) in [6, 6.07) is 6.90. The third-order valence-corrected chi connectivity index (χ3v) is 5.01. The number of aromatic amines is 1. The van der Waals surface area contributed by atoms with Crippen LogP contribution >= 0.6 is 0 Å². The number of morpholine rings is 1. The van der Waals surface area contributed by atoms with Crippen molar-refractivity contribution in [2.24, 2.45) is 0 Å². The second kappa shape index (κ2) is 9.52. The zero-order chi connectivity index (χ0) is 22.5. The fourth-order valence-electron chi connectivity index (χ4n) is 3.38. The number of hydrogen-bond acceptors (Lipinski definition) is 9. The van der Waals surface area contributed by atoms with Gasteiger partial charge in [0.25, 0.3) is 5.91 Å². The van der Waals surface area contributed by atoms with E-state index in [1.165, 1.54) is 27.7 Å². The third-order valence-electron chi connectivity index (χ3n) is 5.01. The molecule has 0 radical (unpaired) electrons. The van der Waals surface area contributed by atoms with E-state index < -0.39 is 0 Å². The molecule has 3 aromatic rings. The topological polar surface area (TPSA) is 124 Å². The molecule has 1 aromatic carbocycles. The Bertz CT molecular complexity index is 1070. The summed E-state index contributed by atoms with van der Waals surface area (Å²) in [4.78, 5) is 23.3. The Morgan fingerprint density at radius 2 is 1.75 bits per heavy atom. The highest BCUT2D eigenvalue weighted by Crippen LogP contribution is 2.40. The number of nitrogens with one attached hydrogen (secondary N) is 2. The quantitative estimate of drug-likeness (QED) is 0.567. The normalized spacial score (nSPS) is 13.5. The Hall–Kier alpha value is -3.86. The van der Waals surface area contributed by atoms with E-state index in [1.807, 2.05) is 0 Å². The van der Waals surface area contributed by atoms with E-state index in [9.17, 15) is 4.79 Å². The lowest BCUT2D eigenvalue weighted by Gasteiger charge is -2.27. The minimum absolute atomic E-state index is 0.278. The molecule has 0 bridgehead atoms. The van der Waals surface area contributed by atoms with Crippen molar-refractivity contribution in [3.8, 4) is 28.5 Å². The number of carbonyl (C=O) groups is 1. The van der Waals surface area contributed by atoms with Crippen molar-refractivity contribution in [1.82, 2.24) is 20.2 Å². The van der Waals surface area contributed by atoms with Crippen molar-refractivity contribution >= 4 is 17.5 Å². The van der Waals surface area contributed by atoms with E-state index in [1.54, 1.807) is 24.3 Å². The van der Waals surface area contributed by atoms with Crippen molar-refractivity contribution in [2.75, 3.05) is 57.8 Å². The van der Waals surface area contributed by atoms with Crippen LogP contribution in [0.3, 0.4) is 0 Å². The van der Waals surface area contributed by atoms with Crippen molar-refractivity contribution < 1.29 is 23.7 Å². The molecule has 1 aliphatic rings. The summed E-state index contributed by atoms with van der Waals surface area (Å²) in [6.45, 7) is 2.76. The molecule has 0 saturated carbocycles. The maximum atomic E-state index is 12.7. The fraction of sp³-hybridized carbons (Fsp3) is 0.333. The summed E-state index contributed by atoms with van der Waals surface area (Å²) >= 11 is 0. The van der Waals surface area contributed by atoms with E-state index in [2.05, 4.69) is 30.4 Å². The lowest BCUT2D eigenvalue weighted by atomic mass is 10.1. The molecule has 168 valence electrons. The number of ether oxygens (including phenoxy) is 4. The van der Waals surface area contributed by atoms with E-state index in [4.69, 9.17) is 18.9 Å². The molecule has 1 aliphatic heterocycles. The molecule has 1 saturated heterocycles. The summed E-state index contributed by atoms with van der Waals surface area (Å²) in [5.74, 6) is 2.23. The molecule has 0 aliphatic carbocycles. The van der Waals surface area contributed by atoms with Crippen LogP contribution in [0.15, 0.2) is 30.6 Å². The SMILES string of the molecule is COc1cc(-c2cc(C(=O)Nc3cc(N4CCOCC4)ncn3)[nH]n2)cc(OC)c1OC. The number of H-pyrrole nitrogens is 1. The summed E-state index contributed by atoms with van der Waals surface area (Å²) in [6.07, 6.45) is 1.43. The number of nitrogens with zero attached hydrogens (tertiary/aromatic N) is 4. The largest absolute Gasteiger partial charge is 0.493 e. The number of rotatable bonds is 7. The maximum Gasteiger partial charge on any atom is 0.274 e. The van der Waals surface area contributed by atoms with Gasteiger partial charge in [-0.1, -0.05) is 0 Å². The minimum Gasteiger partial charge on any atom is -0.493 e. The number of carbonyl (C=O) groups excluding carboxylic acids is 1. The van der Waals surface area contributed by atoms with Gasteiger partial charge < -0.3 is 29.2 Å². The Morgan fingerprint density at radius 1 is 1.03 bits per heavy atom. The molecule has 4 rings (SSSR count). The zero-order valence-electron chi connectivity index (χ0n) is 18.0. The number of amides is 1. The van der Waals surface area contributed by atoms with Gasteiger partial charge in [0.2, 0.25) is 5.75 Å². The Kier molecular flexibility index (Phi) is 6.36. The molecule has 32 heavy (non-hydrogen) atoms. The molecule has 2 N–H and O–H groups in total. The van der Waals surface area contributed by atoms with Gasteiger partial charge in [0.1, 0.15) is 23.7 Å². The first-order valence-corrected chi connectivity index (χ1v) is 9.94. The van der Waals surface area contributed by atoms with Crippen LogP contribution in [0.5, 0.6) is 17.2 Å². The third kappa shape index (κ3) is 4.42. The number of anilines is 2. The average Bonchev–Trinajstić information content (AvgIpc) is 3.34. The first kappa shape index (κ1) is 21.4. The molecule has 11 nitrogen and oxygen atoms in total. The predicted octanol–water partition coefficient (Wildman–Crippen LogP) is 1.98. The second-order valence-electron chi connectivity index (χ2n) is 6.90. The van der Waals surface area contributed by atoms with E-state index >= 15 is 0 Å². The highest BCUT2D eigenvalue weighted by molar-refractivity contribution is 6.03. The number of hydrogen-bond donors (Lipinski definition) is 2. The van der Waals surface area contributed by atoms with Gasteiger partial charge in [-0.2, -0.15) is 5.10 Å². The molecule has 1 amide bonds. The minimum atomic E-state index is -0.372. The van der Waals surface area contributed by atoms with Crippen LogP contribution < -0.4 is 24.4 Å². The summed E-state index contributed by atoms with van der Waals surface area (Å²) in [7, 11) is 4.61. The molecule has 1 fully saturated rings. The predicted molar refractivity (Wildman–Crippen MR) is 117 cm³/mol. The van der Waals surface area contributed by atoms with Gasteiger partial charge in [0.15, 0.2) is 11.5 Å². The number of methoxy groups -OCH3 is 3. The summed E-state index contributed by atoms with van der Waals surface area (Å²) < 4.78 is 21.5. The van der Waals surface area contributed by atoms with Gasteiger partial charge >= 0.3 is 0 Å². The van der Waals surface area contributed by atoms with Gasteiger partial charge in [-0.25, -0.2) is 9.97 Å². The molecular formula is C21H24N6O5. The van der Waals surface area contributed by atoms with Gasteiger partial charge in [-0.15, -0.1) is 0 Å². The molecule has 3 heterocycles. The zero-order valence-corrected chi connectivity index (χ0v) is 18.0. The van der Waals surface area contributed by atoms with Crippen molar-refractivity contribution in [2.45, 2.75) is 0 Å². The van der Waals surface area contributed by atoms with Crippen LogP contribution in [-0.2, 0) is 4.74 Å². The molecule has 0 unspecified atom stereocenters. The Morgan fingerprint density at radius 3 is 2.41 bits per heavy atom. The van der Waals surface area contributed by atoms with Gasteiger partial charge in [0, 0.05) is 24.7 Å². The lowest BCUT2D eigenvalue weighted by Crippen LogP contribution is -2.36. The number of aromatic nitrogens is 4. The number of benzene rings is 1. The Labute approximate surface area is 184 Å². The lowest BCUT2D eigenvalue weighted by molar-refractivity contribution is 0.102. The van der Waals surface area contributed by atoms with E-state index in [0.29, 0.717) is 47.5 Å². The van der Waals surface area contributed by atoms with Gasteiger partial charge in [-0.05, 0) is 18.2 Å². The van der Waals surface area contributed by atoms with Crippen molar-refractivity contribution in [3.05, 3.63) is 36.3 Å². The molecule has 11 heteroatoms. The highest BCUT2D eigenvalue weighted by atomic mass is 16.5. The average molecular weight is 440 g/mol. The van der Waals surface area contributed by atoms with Gasteiger partial charge in [0.05, 0.1) is 40.2 Å². The smallest absolute Gasteiger partial charge is 0.274 e. The van der Waals surface area contributed by atoms with E-state index in [0.717, 1.165) is 18.9 Å². The van der Waals surface area contributed by atoms with E-state index in [-0.39, 0.29) is 11.6 Å².